The molecular formula is C14H16N4O2. The van der Waals surface area contributed by atoms with Crippen molar-refractivity contribution >= 4 is 22.4 Å². The summed E-state index contributed by atoms with van der Waals surface area (Å²) in [5.74, 6) is 1.39. The number of nitrogens with zero attached hydrogens (tertiary/aromatic N) is 3. The van der Waals surface area contributed by atoms with Crippen molar-refractivity contribution in [3.8, 4) is 0 Å². The number of rotatable bonds is 5. The zero-order chi connectivity index (χ0) is 14.1. The standard InChI is InChI=1S/C14H16N4O2/c1-2-3-9-6-13(9)17-14-11-7-10(18(19)20)4-5-12(11)15-8-16-14/h4-5,7-9,13H,2-3,6H2,1H3,(H,15,16,17). The van der Waals surface area contributed by atoms with E-state index in [9.17, 15) is 10.1 Å². The average Bonchev–Trinajstić information content (AvgIpc) is 3.17. The maximum atomic E-state index is 10.9. The Morgan fingerprint density at radius 2 is 2.30 bits per heavy atom. The molecule has 0 saturated heterocycles. The Morgan fingerprint density at radius 3 is 3.05 bits per heavy atom. The number of benzene rings is 1. The first-order valence-corrected chi connectivity index (χ1v) is 6.84. The molecule has 1 fully saturated rings. The molecule has 6 nitrogen and oxygen atoms in total. The fourth-order valence-electron chi connectivity index (χ4n) is 2.56. The quantitative estimate of drug-likeness (QED) is 0.668. The van der Waals surface area contributed by atoms with E-state index in [1.54, 1.807) is 6.07 Å². The van der Waals surface area contributed by atoms with E-state index in [-0.39, 0.29) is 5.69 Å². The first kappa shape index (κ1) is 12.8. The maximum absolute atomic E-state index is 10.9. The van der Waals surface area contributed by atoms with Gasteiger partial charge >= 0.3 is 0 Å². The molecule has 3 rings (SSSR count). The predicted octanol–water partition coefficient (Wildman–Crippen LogP) is 3.14. The van der Waals surface area contributed by atoms with Gasteiger partial charge in [-0.25, -0.2) is 9.97 Å². The smallest absolute Gasteiger partial charge is 0.270 e. The van der Waals surface area contributed by atoms with Crippen LogP contribution in [0.3, 0.4) is 0 Å². The molecule has 1 aliphatic carbocycles. The molecule has 0 aliphatic heterocycles. The minimum Gasteiger partial charge on any atom is -0.366 e. The number of hydrogen-bond acceptors (Lipinski definition) is 5. The van der Waals surface area contributed by atoms with Crippen LogP contribution in [-0.4, -0.2) is 20.9 Å². The molecule has 2 aromatic rings. The van der Waals surface area contributed by atoms with Gasteiger partial charge in [0.15, 0.2) is 0 Å². The molecule has 0 spiro atoms. The van der Waals surface area contributed by atoms with Gasteiger partial charge in [-0.1, -0.05) is 13.3 Å². The minimum absolute atomic E-state index is 0.0660. The molecule has 104 valence electrons. The molecule has 1 aliphatic rings. The van der Waals surface area contributed by atoms with Crippen LogP contribution in [0.1, 0.15) is 26.2 Å². The molecule has 6 heteroatoms. The SMILES string of the molecule is CCCC1CC1Nc1ncnc2ccc([N+](=O)[O-])cc12. The second kappa shape index (κ2) is 5.03. The predicted molar refractivity (Wildman–Crippen MR) is 76.6 cm³/mol. The number of nitro groups is 1. The van der Waals surface area contributed by atoms with E-state index in [2.05, 4.69) is 22.2 Å². The van der Waals surface area contributed by atoms with Crippen molar-refractivity contribution in [2.24, 2.45) is 5.92 Å². The van der Waals surface area contributed by atoms with Crippen molar-refractivity contribution in [2.45, 2.75) is 32.2 Å². The lowest BCUT2D eigenvalue weighted by atomic mass is 10.2. The normalized spacial score (nSPS) is 20.9. The summed E-state index contributed by atoms with van der Waals surface area (Å²) >= 11 is 0. The van der Waals surface area contributed by atoms with E-state index in [1.165, 1.54) is 31.3 Å². The van der Waals surface area contributed by atoms with Crippen LogP contribution < -0.4 is 5.32 Å². The highest BCUT2D eigenvalue weighted by Crippen LogP contribution is 2.38. The Bertz CT molecular complexity index is 659. The summed E-state index contributed by atoms with van der Waals surface area (Å²) in [4.78, 5) is 18.9. The fourth-order valence-corrected chi connectivity index (χ4v) is 2.56. The first-order valence-electron chi connectivity index (χ1n) is 6.84. The van der Waals surface area contributed by atoms with Crippen LogP contribution in [0, 0.1) is 16.0 Å². The van der Waals surface area contributed by atoms with Gasteiger partial charge in [-0.3, -0.25) is 10.1 Å². The fraction of sp³-hybridized carbons (Fsp3) is 0.429. The van der Waals surface area contributed by atoms with E-state index < -0.39 is 4.92 Å². The van der Waals surface area contributed by atoms with Crippen LogP contribution in [0.2, 0.25) is 0 Å². The summed E-state index contributed by atoms with van der Waals surface area (Å²) < 4.78 is 0. The number of aromatic nitrogens is 2. The largest absolute Gasteiger partial charge is 0.366 e. The summed E-state index contributed by atoms with van der Waals surface area (Å²) in [6.07, 6.45) is 5.03. The molecule has 1 N–H and O–H groups in total. The highest BCUT2D eigenvalue weighted by atomic mass is 16.6. The number of nitrogens with one attached hydrogen (secondary N) is 1. The lowest BCUT2D eigenvalue weighted by Crippen LogP contribution is -2.07. The third-order valence-corrected chi connectivity index (χ3v) is 3.73. The van der Waals surface area contributed by atoms with Crippen molar-refractivity contribution in [3.63, 3.8) is 0 Å². The average molecular weight is 272 g/mol. The highest BCUT2D eigenvalue weighted by Gasteiger charge is 2.36. The van der Waals surface area contributed by atoms with Crippen molar-refractivity contribution < 1.29 is 4.92 Å². The van der Waals surface area contributed by atoms with Gasteiger partial charge in [0.2, 0.25) is 0 Å². The summed E-state index contributed by atoms with van der Waals surface area (Å²) in [5.41, 5.74) is 0.789. The molecule has 0 bridgehead atoms. The Kier molecular flexibility index (Phi) is 3.22. The first-order chi connectivity index (χ1) is 9.69. The highest BCUT2D eigenvalue weighted by molar-refractivity contribution is 5.90. The van der Waals surface area contributed by atoms with Gasteiger partial charge in [0, 0.05) is 23.6 Å². The third-order valence-electron chi connectivity index (χ3n) is 3.73. The van der Waals surface area contributed by atoms with Gasteiger partial charge in [-0.2, -0.15) is 0 Å². The number of fused-ring (bicyclic) bond motifs is 1. The van der Waals surface area contributed by atoms with Crippen molar-refractivity contribution in [3.05, 3.63) is 34.6 Å². The van der Waals surface area contributed by atoms with Crippen LogP contribution in [0.15, 0.2) is 24.5 Å². The number of hydrogen-bond donors (Lipinski definition) is 1. The van der Waals surface area contributed by atoms with Crippen molar-refractivity contribution in [1.29, 1.82) is 0 Å². The second-order valence-electron chi connectivity index (χ2n) is 5.22. The van der Waals surface area contributed by atoms with Crippen LogP contribution >= 0.6 is 0 Å². The molecule has 1 saturated carbocycles. The minimum atomic E-state index is -0.396. The van der Waals surface area contributed by atoms with E-state index in [1.807, 2.05) is 0 Å². The third kappa shape index (κ3) is 2.41. The zero-order valence-electron chi connectivity index (χ0n) is 11.2. The number of nitro benzene ring substituents is 1. The lowest BCUT2D eigenvalue weighted by molar-refractivity contribution is -0.384. The monoisotopic (exact) mass is 272 g/mol. The summed E-state index contributed by atoms with van der Waals surface area (Å²) in [7, 11) is 0. The topological polar surface area (TPSA) is 81.0 Å². The molecule has 2 unspecified atom stereocenters. The Balaban J connectivity index is 1.90. The Morgan fingerprint density at radius 1 is 1.45 bits per heavy atom. The van der Waals surface area contributed by atoms with Gasteiger partial charge in [-0.05, 0) is 24.8 Å². The van der Waals surface area contributed by atoms with Gasteiger partial charge in [0.25, 0.3) is 5.69 Å². The van der Waals surface area contributed by atoms with E-state index in [0.717, 1.165) is 11.9 Å². The molecule has 20 heavy (non-hydrogen) atoms. The van der Waals surface area contributed by atoms with Crippen molar-refractivity contribution in [1.82, 2.24) is 9.97 Å². The Hall–Kier alpha value is -2.24. The molecule has 0 radical (unpaired) electrons. The second-order valence-corrected chi connectivity index (χ2v) is 5.22. The van der Waals surface area contributed by atoms with Crippen LogP contribution in [0.25, 0.3) is 10.9 Å². The van der Waals surface area contributed by atoms with E-state index >= 15 is 0 Å². The van der Waals surface area contributed by atoms with Crippen molar-refractivity contribution in [2.75, 3.05) is 5.32 Å². The summed E-state index contributed by atoms with van der Waals surface area (Å²) in [5, 5.41) is 15.0. The van der Waals surface area contributed by atoms with Crippen LogP contribution in [0.4, 0.5) is 11.5 Å². The molecular weight excluding hydrogens is 256 g/mol. The van der Waals surface area contributed by atoms with Gasteiger partial charge in [0.1, 0.15) is 12.1 Å². The molecule has 1 heterocycles. The maximum Gasteiger partial charge on any atom is 0.270 e. The molecule has 1 aromatic heterocycles. The molecule has 1 aromatic carbocycles. The van der Waals surface area contributed by atoms with Gasteiger partial charge < -0.3 is 5.32 Å². The number of anilines is 1. The van der Waals surface area contributed by atoms with Gasteiger partial charge in [-0.15, -0.1) is 0 Å². The number of non-ortho nitro benzene ring substituents is 1. The van der Waals surface area contributed by atoms with Gasteiger partial charge in [0.05, 0.1) is 10.4 Å². The lowest BCUT2D eigenvalue weighted by Gasteiger charge is -2.07. The summed E-state index contributed by atoms with van der Waals surface area (Å²) in [6.45, 7) is 2.18. The van der Waals surface area contributed by atoms with E-state index in [0.29, 0.717) is 23.2 Å². The Labute approximate surface area is 116 Å². The zero-order valence-corrected chi connectivity index (χ0v) is 11.2. The van der Waals surface area contributed by atoms with E-state index in [4.69, 9.17) is 0 Å². The summed E-state index contributed by atoms with van der Waals surface area (Å²) in [6, 6.07) is 5.11. The molecule has 0 amide bonds. The van der Waals surface area contributed by atoms with Crippen LogP contribution in [0.5, 0.6) is 0 Å². The molecule has 2 atom stereocenters. The van der Waals surface area contributed by atoms with Crippen LogP contribution in [-0.2, 0) is 0 Å².